The number of benzene rings is 1. The number of carbonyl (C=O) groups excluding carboxylic acids is 1. The predicted octanol–water partition coefficient (Wildman–Crippen LogP) is 4.86. The summed E-state index contributed by atoms with van der Waals surface area (Å²) in [5.41, 5.74) is -0.264. The van der Waals surface area contributed by atoms with E-state index in [1.165, 1.54) is 10.8 Å². The van der Waals surface area contributed by atoms with Gasteiger partial charge in [-0.2, -0.15) is 0 Å². The number of nitrogens with zero attached hydrogens (tertiary/aromatic N) is 3. The molecule has 0 bridgehead atoms. The highest BCUT2D eigenvalue weighted by Gasteiger charge is 2.38. The minimum Gasteiger partial charge on any atom is -0.444 e. The second kappa shape index (κ2) is 8.16. The Balaban J connectivity index is 1.96. The molecule has 32 heavy (non-hydrogen) atoms. The van der Waals surface area contributed by atoms with E-state index in [9.17, 15) is 14.0 Å². The average molecular weight is 459 g/mol. The maximum absolute atomic E-state index is 14.4. The summed E-state index contributed by atoms with van der Waals surface area (Å²) in [6.07, 6.45) is 3.58. The van der Waals surface area contributed by atoms with E-state index in [4.69, 9.17) is 21.3 Å². The lowest BCUT2D eigenvalue weighted by Gasteiger charge is -2.25. The lowest BCUT2D eigenvalue weighted by atomic mass is 10.1. The SMILES string of the molecule is Cc1c(F)cncc1-n1c([C@@H](NC(=O)OC(C)(C)C)C2CC2)nc2cccc(Cl)c2c1=O. The Hall–Kier alpha value is -3.00. The van der Waals surface area contributed by atoms with Gasteiger partial charge in [-0.3, -0.25) is 14.3 Å². The highest BCUT2D eigenvalue weighted by atomic mass is 35.5. The maximum atomic E-state index is 14.4. The zero-order chi connectivity index (χ0) is 23.2. The summed E-state index contributed by atoms with van der Waals surface area (Å²) in [5.74, 6) is -0.199. The molecule has 1 amide bonds. The van der Waals surface area contributed by atoms with Crippen LogP contribution in [-0.2, 0) is 4.74 Å². The van der Waals surface area contributed by atoms with E-state index in [1.54, 1.807) is 45.9 Å². The summed E-state index contributed by atoms with van der Waals surface area (Å²) in [5, 5.41) is 3.33. The minimum atomic E-state index is -0.689. The number of aromatic nitrogens is 3. The molecule has 0 saturated heterocycles. The number of hydrogen-bond acceptors (Lipinski definition) is 5. The van der Waals surface area contributed by atoms with Crippen LogP contribution in [0.3, 0.4) is 0 Å². The van der Waals surface area contributed by atoms with Gasteiger partial charge in [0.2, 0.25) is 0 Å². The Morgan fingerprint density at radius 1 is 1.31 bits per heavy atom. The van der Waals surface area contributed by atoms with Gasteiger partial charge in [0.1, 0.15) is 17.2 Å². The Kier molecular flexibility index (Phi) is 5.67. The number of alkyl carbamates (subject to hydrolysis) is 1. The van der Waals surface area contributed by atoms with Crippen molar-refractivity contribution in [1.82, 2.24) is 19.9 Å². The molecule has 0 radical (unpaired) electrons. The number of nitrogens with one attached hydrogen (secondary N) is 1. The van der Waals surface area contributed by atoms with Crippen LogP contribution in [-0.4, -0.2) is 26.2 Å². The van der Waals surface area contributed by atoms with Crippen molar-refractivity contribution in [2.24, 2.45) is 5.92 Å². The molecule has 1 aliphatic rings. The van der Waals surface area contributed by atoms with Crippen molar-refractivity contribution in [2.75, 3.05) is 0 Å². The third kappa shape index (κ3) is 4.32. The van der Waals surface area contributed by atoms with Crippen LogP contribution in [0.1, 0.15) is 51.0 Å². The molecule has 0 spiro atoms. The van der Waals surface area contributed by atoms with E-state index in [0.717, 1.165) is 19.0 Å². The molecule has 4 rings (SSSR count). The molecule has 1 N–H and O–H groups in total. The molecular formula is C23H24ClFN4O3. The van der Waals surface area contributed by atoms with Crippen molar-refractivity contribution in [3.63, 3.8) is 0 Å². The van der Waals surface area contributed by atoms with Crippen LogP contribution in [0.2, 0.25) is 5.02 Å². The second-order valence-electron chi connectivity index (χ2n) is 8.97. The van der Waals surface area contributed by atoms with E-state index < -0.39 is 29.1 Å². The van der Waals surface area contributed by atoms with Crippen LogP contribution in [0.25, 0.3) is 16.6 Å². The summed E-state index contributed by atoms with van der Waals surface area (Å²) >= 11 is 6.32. The zero-order valence-corrected chi connectivity index (χ0v) is 19.0. The first kappa shape index (κ1) is 22.2. The normalized spacial score (nSPS) is 14.9. The Morgan fingerprint density at radius 2 is 2.03 bits per heavy atom. The summed E-state index contributed by atoms with van der Waals surface area (Å²) < 4.78 is 21.1. The van der Waals surface area contributed by atoms with Crippen molar-refractivity contribution in [2.45, 2.75) is 52.2 Å². The van der Waals surface area contributed by atoms with Gasteiger partial charge >= 0.3 is 6.09 Å². The molecular weight excluding hydrogens is 435 g/mol. The number of pyridine rings is 1. The molecule has 2 heterocycles. The molecule has 1 atom stereocenters. The fourth-order valence-corrected chi connectivity index (χ4v) is 3.87. The van der Waals surface area contributed by atoms with Crippen molar-refractivity contribution in [1.29, 1.82) is 0 Å². The highest BCUT2D eigenvalue weighted by molar-refractivity contribution is 6.35. The lowest BCUT2D eigenvalue weighted by Crippen LogP contribution is -2.39. The van der Waals surface area contributed by atoms with Gasteiger partial charge in [-0.1, -0.05) is 17.7 Å². The van der Waals surface area contributed by atoms with Gasteiger partial charge in [-0.05, 0) is 58.6 Å². The third-order valence-corrected chi connectivity index (χ3v) is 5.60. The van der Waals surface area contributed by atoms with Crippen molar-refractivity contribution in [3.8, 4) is 5.69 Å². The maximum Gasteiger partial charge on any atom is 0.408 e. The molecule has 0 aliphatic heterocycles. The van der Waals surface area contributed by atoms with Gasteiger partial charge in [0.25, 0.3) is 5.56 Å². The quantitative estimate of drug-likeness (QED) is 0.603. The smallest absolute Gasteiger partial charge is 0.408 e. The number of amides is 1. The predicted molar refractivity (Wildman–Crippen MR) is 120 cm³/mol. The first-order valence-corrected chi connectivity index (χ1v) is 10.8. The molecule has 1 aliphatic carbocycles. The molecule has 1 fully saturated rings. The van der Waals surface area contributed by atoms with E-state index in [1.807, 2.05) is 0 Å². The van der Waals surface area contributed by atoms with Crippen LogP contribution in [0.4, 0.5) is 9.18 Å². The number of fused-ring (bicyclic) bond motifs is 1. The number of hydrogen-bond donors (Lipinski definition) is 1. The van der Waals surface area contributed by atoms with Crippen molar-refractivity contribution < 1.29 is 13.9 Å². The number of halogens is 2. The second-order valence-corrected chi connectivity index (χ2v) is 9.38. The van der Waals surface area contributed by atoms with Gasteiger partial charge in [-0.15, -0.1) is 0 Å². The number of ether oxygens (including phenoxy) is 1. The molecule has 168 valence electrons. The molecule has 9 heteroatoms. The van der Waals surface area contributed by atoms with Gasteiger partial charge in [0.15, 0.2) is 0 Å². The van der Waals surface area contributed by atoms with Crippen LogP contribution in [0.15, 0.2) is 35.4 Å². The van der Waals surface area contributed by atoms with Crippen LogP contribution in [0.5, 0.6) is 0 Å². The van der Waals surface area contributed by atoms with E-state index >= 15 is 0 Å². The van der Waals surface area contributed by atoms with E-state index in [-0.39, 0.29) is 33.4 Å². The molecule has 1 saturated carbocycles. The molecule has 1 aromatic carbocycles. The molecule has 7 nitrogen and oxygen atoms in total. The first-order valence-electron chi connectivity index (χ1n) is 10.4. The monoisotopic (exact) mass is 458 g/mol. The fourth-order valence-electron chi connectivity index (χ4n) is 3.62. The topological polar surface area (TPSA) is 86.1 Å². The Labute approximate surface area is 189 Å². The third-order valence-electron chi connectivity index (χ3n) is 5.28. The Bertz CT molecular complexity index is 1260. The lowest BCUT2D eigenvalue weighted by molar-refractivity contribution is 0.0493. The van der Waals surface area contributed by atoms with Gasteiger partial charge < -0.3 is 10.1 Å². The Morgan fingerprint density at radius 3 is 2.69 bits per heavy atom. The average Bonchev–Trinajstić information content (AvgIpc) is 3.52. The molecule has 3 aromatic rings. The number of carbonyl (C=O) groups is 1. The largest absolute Gasteiger partial charge is 0.444 e. The van der Waals surface area contributed by atoms with Crippen LogP contribution < -0.4 is 10.9 Å². The summed E-state index contributed by atoms with van der Waals surface area (Å²) in [6.45, 7) is 6.87. The van der Waals surface area contributed by atoms with Gasteiger partial charge in [0, 0.05) is 5.56 Å². The minimum absolute atomic E-state index is 0.0686. The first-order chi connectivity index (χ1) is 15.1. The summed E-state index contributed by atoms with van der Waals surface area (Å²) in [6, 6.07) is 4.38. The van der Waals surface area contributed by atoms with Crippen molar-refractivity contribution >= 4 is 28.6 Å². The molecule has 2 aromatic heterocycles. The summed E-state index contributed by atoms with van der Waals surface area (Å²) in [7, 11) is 0. The van der Waals surface area contributed by atoms with Crippen LogP contribution in [0, 0.1) is 18.7 Å². The number of rotatable bonds is 4. The van der Waals surface area contributed by atoms with Crippen LogP contribution >= 0.6 is 11.6 Å². The standard InChI is InChI=1S/C23H24ClFN4O3/c1-12-15(25)10-26-11-17(12)29-20(27-16-7-5-6-14(24)18(16)21(29)30)19(13-8-9-13)28-22(31)32-23(2,3)4/h5-7,10-11,13,19H,8-9H2,1-4H3,(H,28,31)/t19-/m0/s1. The summed E-state index contributed by atoms with van der Waals surface area (Å²) in [4.78, 5) is 34.9. The fraction of sp³-hybridized carbons (Fsp3) is 0.391. The van der Waals surface area contributed by atoms with Gasteiger partial charge in [-0.25, -0.2) is 14.2 Å². The zero-order valence-electron chi connectivity index (χ0n) is 18.3. The van der Waals surface area contributed by atoms with E-state index in [2.05, 4.69) is 10.3 Å². The highest BCUT2D eigenvalue weighted by Crippen LogP contribution is 2.41. The van der Waals surface area contributed by atoms with E-state index in [0.29, 0.717) is 5.52 Å². The molecule has 0 unspecified atom stereocenters. The van der Waals surface area contributed by atoms with Crippen molar-refractivity contribution in [3.05, 3.63) is 63.2 Å². The van der Waals surface area contributed by atoms with Gasteiger partial charge in [0.05, 0.1) is 40.0 Å².